The molecular weight excluding hydrogens is 453 g/mol. The van der Waals surface area contributed by atoms with Crippen LogP contribution in [0.3, 0.4) is 0 Å². The van der Waals surface area contributed by atoms with Crippen LogP contribution in [0.5, 0.6) is 5.75 Å². The van der Waals surface area contributed by atoms with Crippen LogP contribution in [0.15, 0.2) is 90.1 Å². The number of nitrogens with one attached hydrogen (secondary N) is 1. The SMILES string of the molecule is Cc1nn(-c2ccc(F)cc2)c2c1[C@H](c1ccc(OCc3ccccc3)cc1)C1=C(CCCC1=O)N2. The summed E-state index contributed by atoms with van der Waals surface area (Å²) in [6.07, 6.45) is 2.18. The van der Waals surface area contributed by atoms with Gasteiger partial charge < -0.3 is 10.1 Å². The molecule has 6 heteroatoms. The second kappa shape index (κ2) is 9.11. The van der Waals surface area contributed by atoms with Crippen molar-refractivity contribution in [2.45, 2.75) is 38.7 Å². The molecule has 0 saturated heterocycles. The van der Waals surface area contributed by atoms with Gasteiger partial charge in [0.1, 0.15) is 24.0 Å². The van der Waals surface area contributed by atoms with E-state index in [1.807, 2.05) is 66.2 Å². The number of aromatic nitrogens is 2. The molecule has 5 nitrogen and oxygen atoms in total. The number of allylic oxidation sites excluding steroid dienone is 2. The van der Waals surface area contributed by atoms with Crippen LogP contribution in [-0.4, -0.2) is 15.6 Å². The number of ether oxygens (including phenoxy) is 1. The summed E-state index contributed by atoms with van der Waals surface area (Å²) in [4.78, 5) is 13.2. The Bertz CT molecular complexity index is 1450. The van der Waals surface area contributed by atoms with Crippen molar-refractivity contribution in [2.75, 3.05) is 5.32 Å². The highest BCUT2D eigenvalue weighted by atomic mass is 19.1. The summed E-state index contributed by atoms with van der Waals surface area (Å²) in [6.45, 7) is 2.46. The van der Waals surface area contributed by atoms with E-state index in [9.17, 15) is 9.18 Å². The van der Waals surface area contributed by atoms with E-state index in [1.54, 1.807) is 12.1 Å². The Morgan fingerprint density at radius 3 is 2.50 bits per heavy atom. The van der Waals surface area contributed by atoms with E-state index in [4.69, 9.17) is 9.84 Å². The number of benzene rings is 3. The Labute approximate surface area is 209 Å². The van der Waals surface area contributed by atoms with Crippen molar-refractivity contribution >= 4 is 11.6 Å². The molecule has 2 aliphatic rings. The maximum atomic E-state index is 13.6. The van der Waals surface area contributed by atoms with Gasteiger partial charge in [0.2, 0.25) is 0 Å². The minimum Gasteiger partial charge on any atom is -0.489 e. The van der Waals surface area contributed by atoms with Crippen molar-refractivity contribution in [1.29, 1.82) is 0 Å². The average Bonchev–Trinajstić information content (AvgIpc) is 3.24. The zero-order valence-electron chi connectivity index (χ0n) is 20.0. The maximum absolute atomic E-state index is 13.6. The zero-order valence-corrected chi connectivity index (χ0v) is 20.0. The van der Waals surface area contributed by atoms with Gasteiger partial charge in [0.25, 0.3) is 0 Å². The molecule has 36 heavy (non-hydrogen) atoms. The summed E-state index contributed by atoms with van der Waals surface area (Å²) >= 11 is 0. The first-order valence-corrected chi connectivity index (χ1v) is 12.2. The molecule has 0 bridgehead atoms. The summed E-state index contributed by atoms with van der Waals surface area (Å²) in [6, 6.07) is 24.4. The third-order valence-electron chi connectivity index (χ3n) is 6.94. The smallest absolute Gasteiger partial charge is 0.161 e. The second-order valence-electron chi connectivity index (χ2n) is 9.31. The summed E-state index contributed by atoms with van der Waals surface area (Å²) in [5.74, 6) is 1.28. The topological polar surface area (TPSA) is 56.2 Å². The van der Waals surface area contributed by atoms with Crippen LogP contribution in [0.25, 0.3) is 5.69 Å². The molecule has 0 unspecified atom stereocenters. The third-order valence-corrected chi connectivity index (χ3v) is 6.94. The molecule has 0 amide bonds. The highest BCUT2D eigenvalue weighted by molar-refractivity contribution is 6.01. The molecule has 0 saturated carbocycles. The predicted octanol–water partition coefficient (Wildman–Crippen LogP) is 6.46. The van der Waals surface area contributed by atoms with Crippen molar-refractivity contribution in [1.82, 2.24) is 9.78 Å². The zero-order chi connectivity index (χ0) is 24.6. The lowest BCUT2D eigenvalue weighted by Gasteiger charge is -2.33. The highest BCUT2D eigenvalue weighted by Gasteiger charge is 2.38. The monoisotopic (exact) mass is 479 g/mol. The van der Waals surface area contributed by atoms with Crippen molar-refractivity contribution in [2.24, 2.45) is 0 Å². The van der Waals surface area contributed by atoms with Crippen molar-refractivity contribution in [3.63, 3.8) is 0 Å². The van der Waals surface area contributed by atoms with Crippen molar-refractivity contribution in [3.05, 3.63) is 118 Å². The normalized spacial score (nSPS) is 16.8. The van der Waals surface area contributed by atoms with Crippen LogP contribution in [0.1, 0.15) is 47.6 Å². The molecule has 6 rings (SSSR count). The van der Waals surface area contributed by atoms with Gasteiger partial charge in [0.05, 0.1) is 11.4 Å². The number of hydrogen-bond donors (Lipinski definition) is 1. The van der Waals surface area contributed by atoms with Gasteiger partial charge in [-0.25, -0.2) is 9.07 Å². The molecule has 2 heterocycles. The summed E-state index contributed by atoms with van der Waals surface area (Å²) in [5, 5.41) is 8.32. The lowest BCUT2D eigenvalue weighted by atomic mass is 9.76. The molecular formula is C30H26FN3O2. The number of hydrogen-bond acceptors (Lipinski definition) is 4. The van der Waals surface area contributed by atoms with Crippen LogP contribution in [0.2, 0.25) is 0 Å². The van der Waals surface area contributed by atoms with Crippen molar-refractivity contribution < 1.29 is 13.9 Å². The lowest BCUT2D eigenvalue weighted by Crippen LogP contribution is -2.27. The fourth-order valence-electron chi connectivity index (χ4n) is 5.22. The lowest BCUT2D eigenvalue weighted by molar-refractivity contribution is -0.116. The van der Waals surface area contributed by atoms with Gasteiger partial charge in [0.15, 0.2) is 5.78 Å². The summed E-state index contributed by atoms with van der Waals surface area (Å²) < 4.78 is 21.4. The molecule has 180 valence electrons. The second-order valence-corrected chi connectivity index (χ2v) is 9.31. The number of ketones is 1. The highest BCUT2D eigenvalue weighted by Crippen LogP contribution is 2.47. The Morgan fingerprint density at radius 1 is 1.00 bits per heavy atom. The van der Waals surface area contributed by atoms with Gasteiger partial charge in [-0.2, -0.15) is 5.10 Å². The molecule has 4 aromatic rings. The van der Waals surface area contributed by atoms with E-state index in [0.717, 1.165) is 63.8 Å². The predicted molar refractivity (Wildman–Crippen MR) is 137 cm³/mol. The van der Waals surface area contributed by atoms with Crippen LogP contribution < -0.4 is 10.1 Å². The number of fused-ring (bicyclic) bond motifs is 1. The average molecular weight is 480 g/mol. The molecule has 1 aliphatic carbocycles. The number of halogens is 1. The van der Waals surface area contributed by atoms with Crippen LogP contribution in [0.4, 0.5) is 10.2 Å². The van der Waals surface area contributed by atoms with E-state index in [2.05, 4.69) is 5.32 Å². The molecule has 1 N–H and O–H groups in total. The standard InChI is InChI=1S/C30H26FN3O2/c1-19-27-28(21-10-16-24(17-11-21)36-18-20-6-3-2-4-7-20)29-25(8-5-9-26(29)35)32-30(27)34(33-19)23-14-12-22(31)13-15-23/h2-4,6-7,10-17,28,32H,5,8-9,18H2,1H3/t28-/m0/s1. The minimum absolute atomic E-state index is 0.178. The molecule has 0 radical (unpaired) electrons. The molecule has 1 aliphatic heterocycles. The Kier molecular flexibility index (Phi) is 5.64. The molecule has 3 aromatic carbocycles. The van der Waals surface area contributed by atoms with Gasteiger partial charge in [-0.05, 0) is 67.3 Å². The fourth-order valence-corrected chi connectivity index (χ4v) is 5.22. The number of nitrogens with zero attached hydrogens (tertiary/aromatic N) is 2. The molecule has 1 atom stereocenters. The Balaban J connectivity index is 1.39. The van der Waals surface area contributed by atoms with Gasteiger partial charge >= 0.3 is 0 Å². The van der Waals surface area contributed by atoms with E-state index < -0.39 is 0 Å². The summed E-state index contributed by atoms with van der Waals surface area (Å²) in [7, 11) is 0. The van der Waals surface area contributed by atoms with Crippen LogP contribution >= 0.6 is 0 Å². The van der Waals surface area contributed by atoms with Gasteiger partial charge in [-0.1, -0.05) is 42.5 Å². The number of carbonyl (C=O) groups is 1. The fraction of sp³-hybridized carbons (Fsp3) is 0.200. The number of Topliss-reactive ketones (excluding diaryl/α,β-unsaturated/α-hetero) is 1. The Morgan fingerprint density at radius 2 is 1.75 bits per heavy atom. The first-order valence-electron chi connectivity index (χ1n) is 12.2. The van der Waals surface area contributed by atoms with E-state index in [1.165, 1.54) is 12.1 Å². The van der Waals surface area contributed by atoms with Crippen LogP contribution in [0, 0.1) is 12.7 Å². The molecule has 0 spiro atoms. The Hall–Kier alpha value is -4.19. The quantitative estimate of drug-likeness (QED) is 0.357. The minimum atomic E-state index is -0.292. The largest absolute Gasteiger partial charge is 0.489 e. The van der Waals surface area contributed by atoms with E-state index in [0.29, 0.717) is 13.0 Å². The molecule has 1 aromatic heterocycles. The third kappa shape index (κ3) is 3.98. The molecule has 0 fully saturated rings. The first kappa shape index (κ1) is 22.3. The van der Waals surface area contributed by atoms with Crippen molar-refractivity contribution in [3.8, 4) is 11.4 Å². The van der Waals surface area contributed by atoms with Gasteiger partial charge in [-0.3, -0.25) is 4.79 Å². The van der Waals surface area contributed by atoms with Gasteiger partial charge in [0, 0.05) is 29.2 Å². The maximum Gasteiger partial charge on any atom is 0.161 e. The van der Waals surface area contributed by atoms with E-state index in [-0.39, 0.29) is 17.5 Å². The number of carbonyl (C=O) groups excluding carboxylic acids is 1. The number of aryl methyl sites for hydroxylation is 1. The number of rotatable bonds is 5. The van der Waals surface area contributed by atoms with E-state index >= 15 is 0 Å². The van der Waals surface area contributed by atoms with Gasteiger partial charge in [-0.15, -0.1) is 0 Å². The summed E-state index contributed by atoms with van der Waals surface area (Å²) in [5.41, 5.74) is 6.49. The van der Waals surface area contributed by atoms with Crippen LogP contribution in [-0.2, 0) is 11.4 Å². The number of anilines is 1. The first-order chi connectivity index (χ1) is 17.6.